The number of halogens is 3. The molecule has 0 aliphatic heterocycles. The van der Waals surface area contributed by atoms with Crippen molar-refractivity contribution in [1.29, 1.82) is 0 Å². The van der Waals surface area contributed by atoms with E-state index in [4.69, 9.17) is 5.73 Å². The number of aromatic nitrogens is 1. The van der Waals surface area contributed by atoms with Crippen molar-refractivity contribution < 1.29 is 22.8 Å². The van der Waals surface area contributed by atoms with E-state index in [9.17, 15) is 22.8 Å². The minimum atomic E-state index is -1.69. The van der Waals surface area contributed by atoms with E-state index in [0.717, 1.165) is 6.07 Å². The van der Waals surface area contributed by atoms with Gasteiger partial charge in [-0.05, 0) is 24.3 Å². The maximum atomic E-state index is 13.4. The summed E-state index contributed by atoms with van der Waals surface area (Å²) < 4.78 is 39.2. The number of nitrogen functional groups attached to an aromatic ring is 1. The topological polar surface area (TPSA) is 97.1 Å². The number of nitrogens with one attached hydrogen (secondary N) is 2. The minimum Gasteiger partial charge on any atom is -0.384 e. The summed E-state index contributed by atoms with van der Waals surface area (Å²) >= 11 is 0. The van der Waals surface area contributed by atoms with Crippen LogP contribution in [-0.4, -0.2) is 23.3 Å². The van der Waals surface area contributed by atoms with E-state index in [0.29, 0.717) is 6.07 Å². The minimum absolute atomic E-state index is 0.172. The van der Waals surface area contributed by atoms with E-state index in [1.165, 1.54) is 18.3 Å². The summed E-state index contributed by atoms with van der Waals surface area (Å²) in [5, 5.41) is 4.29. The number of nitrogens with two attached hydrogens (primary N) is 1. The molecule has 2 amide bonds. The molecule has 2 rings (SSSR count). The van der Waals surface area contributed by atoms with Crippen molar-refractivity contribution in [3.63, 3.8) is 0 Å². The number of benzene rings is 1. The first-order chi connectivity index (χ1) is 10.9. The summed E-state index contributed by atoms with van der Waals surface area (Å²) in [6.45, 7) is -0.498. The van der Waals surface area contributed by atoms with Crippen molar-refractivity contribution in [3.8, 4) is 0 Å². The Hall–Kier alpha value is -3.10. The van der Waals surface area contributed by atoms with Crippen LogP contribution >= 0.6 is 0 Å². The van der Waals surface area contributed by atoms with Crippen LogP contribution < -0.4 is 16.4 Å². The van der Waals surface area contributed by atoms with Crippen LogP contribution in [0.25, 0.3) is 0 Å². The van der Waals surface area contributed by atoms with Gasteiger partial charge in [-0.25, -0.2) is 18.2 Å². The maximum Gasteiger partial charge on any atom is 0.253 e. The molecule has 4 N–H and O–H groups in total. The zero-order valence-corrected chi connectivity index (χ0v) is 11.6. The summed E-state index contributed by atoms with van der Waals surface area (Å²) in [6.07, 6.45) is 1.22. The van der Waals surface area contributed by atoms with Crippen molar-refractivity contribution >= 4 is 23.3 Å². The fraction of sp³-hybridized carbons (Fsp3) is 0.0714. The van der Waals surface area contributed by atoms with E-state index in [1.54, 1.807) is 0 Å². The lowest BCUT2D eigenvalue weighted by Crippen LogP contribution is -2.33. The van der Waals surface area contributed by atoms with E-state index in [-0.39, 0.29) is 11.4 Å². The second-order valence-corrected chi connectivity index (χ2v) is 4.43. The number of hydrogen-bond donors (Lipinski definition) is 3. The molecule has 2 aromatic rings. The van der Waals surface area contributed by atoms with Crippen LogP contribution in [0, 0.1) is 17.5 Å². The second-order valence-electron chi connectivity index (χ2n) is 4.43. The number of carbonyl (C=O) groups is 2. The van der Waals surface area contributed by atoms with Gasteiger partial charge >= 0.3 is 0 Å². The third kappa shape index (κ3) is 3.96. The molecule has 6 nitrogen and oxygen atoms in total. The van der Waals surface area contributed by atoms with Gasteiger partial charge in [-0.3, -0.25) is 9.59 Å². The van der Waals surface area contributed by atoms with Crippen LogP contribution in [0.2, 0.25) is 0 Å². The van der Waals surface area contributed by atoms with Crippen molar-refractivity contribution in [2.24, 2.45) is 0 Å². The Labute approximate surface area is 128 Å². The Bertz CT molecular complexity index is 750. The molecule has 0 spiro atoms. The Morgan fingerprint density at radius 2 is 1.83 bits per heavy atom. The molecule has 23 heavy (non-hydrogen) atoms. The standard InChI is InChI=1S/C14H11F3N4O2/c15-8-2-3-9(13(17)12(8)16)21-11(22)6-20-14(23)7-1-4-10(18)19-5-7/h1-5H,6H2,(H2,18,19)(H,20,23)(H,21,22). The highest BCUT2D eigenvalue weighted by atomic mass is 19.2. The quantitative estimate of drug-likeness (QED) is 0.742. The first kappa shape index (κ1) is 16.3. The van der Waals surface area contributed by atoms with Crippen LogP contribution in [0.1, 0.15) is 10.4 Å². The van der Waals surface area contributed by atoms with Gasteiger partial charge in [-0.1, -0.05) is 0 Å². The molecule has 0 radical (unpaired) electrons. The summed E-state index contributed by atoms with van der Waals surface area (Å²) in [5.74, 6) is -5.77. The number of hydrogen-bond acceptors (Lipinski definition) is 4. The third-order valence-corrected chi connectivity index (χ3v) is 2.77. The molecule has 1 aromatic carbocycles. The Morgan fingerprint density at radius 3 is 2.48 bits per heavy atom. The molecule has 1 aromatic heterocycles. The molecule has 0 aliphatic rings. The molecule has 9 heteroatoms. The summed E-state index contributed by atoms with van der Waals surface area (Å²) in [4.78, 5) is 27.0. The van der Waals surface area contributed by atoms with Crippen LogP contribution in [0.15, 0.2) is 30.5 Å². The number of carbonyl (C=O) groups excluding carboxylic acids is 2. The molecule has 1 heterocycles. The van der Waals surface area contributed by atoms with Crippen LogP contribution in [0.3, 0.4) is 0 Å². The highest BCUT2D eigenvalue weighted by Gasteiger charge is 2.15. The lowest BCUT2D eigenvalue weighted by molar-refractivity contribution is -0.115. The Morgan fingerprint density at radius 1 is 1.09 bits per heavy atom. The largest absolute Gasteiger partial charge is 0.384 e. The van der Waals surface area contributed by atoms with Gasteiger partial charge in [0.25, 0.3) is 5.91 Å². The van der Waals surface area contributed by atoms with Gasteiger partial charge in [0, 0.05) is 6.20 Å². The number of pyridine rings is 1. The van der Waals surface area contributed by atoms with E-state index in [2.05, 4.69) is 10.3 Å². The molecule has 0 saturated heterocycles. The highest BCUT2D eigenvalue weighted by molar-refractivity contribution is 5.99. The molecular weight excluding hydrogens is 313 g/mol. The molecule has 0 atom stereocenters. The van der Waals surface area contributed by atoms with E-state index in [1.807, 2.05) is 5.32 Å². The van der Waals surface area contributed by atoms with Gasteiger partial charge < -0.3 is 16.4 Å². The Balaban J connectivity index is 1.94. The van der Waals surface area contributed by atoms with Gasteiger partial charge in [-0.15, -0.1) is 0 Å². The molecule has 120 valence electrons. The average Bonchev–Trinajstić information content (AvgIpc) is 2.54. The van der Waals surface area contributed by atoms with Gasteiger partial charge in [0.1, 0.15) is 5.82 Å². The zero-order valence-electron chi connectivity index (χ0n) is 11.6. The van der Waals surface area contributed by atoms with Gasteiger partial charge in [0.15, 0.2) is 17.5 Å². The summed E-state index contributed by atoms with van der Waals surface area (Å²) in [7, 11) is 0. The molecule has 0 saturated carbocycles. The van der Waals surface area contributed by atoms with E-state index >= 15 is 0 Å². The van der Waals surface area contributed by atoms with Gasteiger partial charge in [-0.2, -0.15) is 0 Å². The van der Waals surface area contributed by atoms with Gasteiger partial charge in [0.2, 0.25) is 5.91 Å². The normalized spacial score (nSPS) is 10.2. The number of anilines is 2. The number of rotatable bonds is 4. The molecular formula is C14H11F3N4O2. The van der Waals surface area contributed by atoms with Crippen molar-refractivity contribution in [1.82, 2.24) is 10.3 Å². The lowest BCUT2D eigenvalue weighted by atomic mass is 10.2. The Kier molecular flexibility index (Phi) is 4.79. The summed E-state index contributed by atoms with van der Waals surface area (Å²) in [6, 6.07) is 4.36. The predicted octanol–water partition coefficient (Wildman–Crippen LogP) is 1.45. The second kappa shape index (κ2) is 6.77. The highest BCUT2D eigenvalue weighted by Crippen LogP contribution is 2.19. The summed E-state index contributed by atoms with van der Waals surface area (Å²) in [5.41, 5.74) is 5.01. The van der Waals surface area contributed by atoms with Crippen LogP contribution in [0.5, 0.6) is 0 Å². The number of amides is 2. The lowest BCUT2D eigenvalue weighted by Gasteiger charge is -2.08. The third-order valence-electron chi connectivity index (χ3n) is 2.77. The molecule has 0 bridgehead atoms. The van der Waals surface area contributed by atoms with Crippen LogP contribution in [0.4, 0.5) is 24.7 Å². The molecule has 0 fully saturated rings. The number of nitrogens with zero attached hydrogens (tertiary/aromatic N) is 1. The maximum absolute atomic E-state index is 13.4. The van der Waals surface area contributed by atoms with Gasteiger partial charge in [0.05, 0.1) is 17.8 Å². The molecule has 0 unspecified atom stereocenters. The zero-order chi connectivity index (χ0) is 17.0. The van der Waals surface area contributed by atoms with Crippen molar-refractivity contribution in [3.05, 3.63) is 53.5 Å². The monoisotopic (exact) mass is 324 g/mol. The first-order valence-corrected chi connectivity index (χ1v) is 6.31. The molecule has 0 aliphatic carbocycles. The van der Waals surface area contributed by atoms with E-state index < -0.39 is 41.5 Å². The average molecular weight is 324 g/mol. The SMILES string of the molecule is Nc1ccc(C(=O)NCC(=O)Nc2ccc(F)c(F)c2F)cn1. The fourth-order valence-corrected chi connectivity index (χ4v) is 1.62. The smallest absolute Gasteiger partial charge is 0.253 e. The van der Waals surface area contributed by atoms with Crippen molar-refractivity contribution in [2.45, 2.75) is 0 Å². The fourth-order valence-electron chi connectivity index (χ4n) is 1.62. The van der Waals surface area contributed by atoms with Crippen LogP contribution in [-0.2, 0) is 4.79 Å². The van der Waals surface area contributed by atoms with Crippen molar-refractivity contribution in [2.75, 3.05) is 17.6 Å². The predicted molar refractivity (Wildman–Crippen MR) is 75.9 cm³/mol. The first-order valence-electron chi connectivity index (χ1n) is 6.31.